The second kappa shape index (κ2) is 5.82. The van der Waals surface area contributed by atoms with Crippen LogP contribution in [-0.4, -0.2) is 33.3 Å². The number of hydrogen-bond acceptors (Lipinski definition) is 4. The van der Waals surface area contributed by atoms with Gasteiger partial charge in [0.05, 0.1) is 11.3 Å². The van der Waals surface area contributed by atoms with E-state index in [1.54, 1.807) is 19.1 Å². The van der Waals surface area contributed by atoms with E-state index >= 15 is 0 Å². The molecule has 0 aromatic carbocycles. The van der Waals surface area contributed by atoms with Crippen molar-refractivity contribution in [3.63, 3.8) is 0 Å². The minimum atomic E-state index is -0.972. The number of aliphatic hydroxyl groups excluding tert-OH is 1. The third-order valence-corrected chi connectivity index (χ3v) is 3.19. The monoisotopic (exact) mass is 252 g/mol. The van der Waals surface area contributed by atoms with Gasteiger partial charge in [-0.15, -0.1) is 0 Å². The van der Waals surface area contributed by atoms with Gasteiger partial charge < -0.3 is 15.5 Å². The molecule has 0 saturated carbocycles. The summed E-state index contributed by atoms with van der Waals surface area (Å²) >= 11 is 0. The van der Waals surface area contributed by atoms with Gasteiger partial charge in [0, 0.05) is 12.1 Å². The fourth-order valence-electron chi connectivity index (χ4n) is 1.74. The van der Waals surface area contributed by atoms with Crippen LogP contribution >= 0.6 is 0 Å². The fraction of sp³-hybridized carbons (Fsp3) is 0.538. The first-order valence-electron chi connectivity index (χ1n) is 6.02. The molecule has 5 heteroatoms. The lowest BCUT2D eigenvalue weighted by Crippen LogP contribution is -2.35. The van der Waals surface area contributed by atoms with Crippen molar-refractivity contribution in [3.8, 4) is 0 Å². The summed E-state index contributed by atoms with van der Waals surface area (Å²) in [4.78, 5) is 15.1. The molecule has 0 amide bonds. The summed E-state index contributed by atoms with van der Waals surface area (Å²) < 4.78 is 0. The molecule has 5 nitrogen and oxygen atoms in total. The van der Waals surface area contributed by atoms with E-state index in [1.807, 2.05) is 13.8 Å². The van der Waals surface area contributed by atoms with Crippen LogP contribution < -0.4 is 5.32 Å². The normalized spacial score (nSPS) is 14.0. The van der Waals surface area contributed by atoms with E-state index in [4.69, 9.17) is 10.2 Å². The SMILES string of the molecule is CCC(C)(CCO)Nc1ccc(C(=O)O)c(C)n1. The van der Waals surface area contributed by atoms with Crippen molar-refractivity contribution in [2.45, 2.75) is 39.2 Å². The zero-order valence-corrected chi connectivity index (χ0v) is 11.0. The predicted molar refractivity (Wildman–Crippen MR) is 70.0 cm³/mol. The Morgan fingerprint density at radius 2 is 2.17 bits per heavy atom. The molecule has 100 valence electrons. The van der Waals surface area contributed by atoms with E-state index in [0.717, 1.165) is 6.42 Å². The average Bonchev–Trinajstić information content (AvgIpc) is 2.28. The third kappa shape index (κ3) is 3.43. The van der Waals surface area contributed by atoms with E-state index < -0.39 is 5.97 Å². The molecule has 0 saturated heterocycles. The number of carboxylic acid groups (broad SMARTS) is 1. The van der Waals surface area contributed by atoms with Crippen LogP contribution in [0.25, 0.3) is 0 Å². The van der Waals surface area contributed by atoms with Gasteiger partial charge in [-0.1, -0.05) is 6.92 Å². The summed E-state index contributed by atoms with van der Waals surface area (Å²) in [5.74, 6) is -0.338. The van der Waals surface area contributed by atoms with Crippen molar-refractivity contribution in [1.29, 1.82) is 0 Å². The number of hydrogen-bond donors (Lipinski definition) is 3. The number of aliphatic hydroxyl groups is 1. The number of nitrogens with zero attached hydrogens (tertiary/aromatic N) is 1. The average molecular weight is 252 g/mol. The Morgan fingerprint density at radius 3 is 2.61 bits per heavy atom. The van der Waals surface area contributed by atoms with Gasteiger partial charge in [-0.05, 0) is 38.8 Å². The van der Waals surface area contributed by atoms with E-state index in [-0.39, 0.29) is 17.7 Å². The Kier molecular flexibility index (Phi) is 4.67. The molecule has 3 N–H and O–H groups in total. The Hall–Kier alpha value is -1.62. The molecule has 0 fully saturated rings. The van der Waals surface area contributed by atoms with Gasteiger partial charge in [0.1, 0.15) is 5.82 Å². The summed E-state index contributed by atoms with van der Waals surface area (Å²) in [5.41, 5.74) is 0.453. The summed E-state index contributed by atoms with van der Waals surface area (Å²) in [6.45, 7) is 5.81. The number of anilines is 1. The minimum Gasteiger partial charge on any atom is -0.478 e. The summed E-state index contributed by atoms with van der Waals surface area (Å²) in [5, 5.41) is 21.2. The molecule has 0 spiro atoms. The number of aromatic carboxylic acids is 1. The predicted octanol–water partition coefficient (Wildman–Crippen LogP) is 2.05. The fourth-order valence-corrected chi connectivity index (χ4v) is 1.74. The Morgan fingerprint density at radius 1 is 1.50 bits per heavy atom. The van der Waals surface area contributed by atoms with E-state index in [2.05, 4.69) is 10.3 Å². The van der Waals surface area contributed by atoms with E-state index in [1.165, 1.54) is 0 Å². The maximum Gasteiger partial charge on any atom is 0.337 e. The van der Waals surface area contributed by atoms with Gasteiger partial charge in [-0.3, -0.25) is 0 Å². The Labute approximate surface area is 107 Å². The van der Waals surface area contributed by atoms with Crippen LogP contribution in [0, 0.1) is 6.92 Å². The van der Waals surface area contributed by atoms with Gasteiger partial charge in [0.15, 0.2) is 0 Å². The molecule has 1 heterocycles. The number of nitrogens with one attached hydrogen (secondary N) is 1. The number of pyridine rings is 1. The highest BCUT2D eigenvalue weighted by Crippen LogP contribution is 2.21. The number of rotatable bonds is 6. The standard InChI is InChI=1S/C13H20N2O3/c1-4-13(3,7-8-16)15-11-6-5-10(12(17)18)9(2)14-11/h5-6,16H,4,7-8H2,1-3H3,(H,14,15)(H,17,18). The van der Waals surface area contributed by atoms with Crippen molar-refractivity contribution in [3.05, 3.63) is 23.4 Å². The van der Waals surface area contributed by atoms with Crippen molar-refractivity contribution < 1.29 is 15.0 Å². The van der Waals surface area contributed by atoms with Crippen molar-refractivity contribution in [1.82, 2.24) is 4.98 Å². The number of carbonyl (C=O) groups is 1. The number of aryl methyl sites for hydroxylation is 1. The largest absolute Gasteiger partial charge is 0.478 e. The molecule has 1 aromatic rings. The maximum atomic E-state index is 10.9. The van der Waals surface area contributed by atoms with Crippen molar-refractivity contribution in [2.75, 3.05) is 11.9 Å². The zero-order chi connectivity index (χ0) is 13.8. The first-order chi connectivity index (χ1) is 8.41. The highest BCUT2D eigenvalue weighted by Gasteiger charge is 2.21. The number of aromatic nitrogens is 1. The molecule has 0 bridgehead atoms. The van der Waals surface area contributed by atoms with Crippen LogP contribution in [-0.2, 0) is 0 Å². The highest BCUT2D eigenvalue weighted by atomic mass is 16.4. The quantitative estimate of drug-likeness (QED) is 0.721. The molecule has 0 aliphatic rings. The van der Waals surface area contributed by atoms with Gasteiger partial charge in [0.25, 0.3) is 0 Å². The lowest BCUT2D eigenvalue weighted by Gasteiger charge is -2.29. The summed E-state index contributed by atoms with van der Waals surface area (Å²) in [6, 6.07) is 3.20. The van der Waals surface area contributed by atoms with Gasteiger partial charge in [-0.25, -0.2) is 9.78 Å². The molecule has 0 radical (unpaired) electrons. The lowest BCUT2D eigenvalue weighted by molar-refractivity contribution is 0.0695. The first kappa shape index (κ1) is 14.4. The van der Waals surface area contributed by atoms with Gasteiger partial charge in [0.2, 0.25) is 0 Å². The topological polar surface area (TPSA) is 82.5 Å². The lowest BCUT2D eigenvalue weighted by atomic mass is 9.95. The van der Waals surface area contributed by atoms with Crippen LogP contribution in [0.15, 0.2) is 12.1 Å². The Bertz CT molecular complexity index is 434. The smallest absolute Gasteiger partial charge is 0.337 e. The van der Waals surface area contributed by atoms with E-state index in [9.17, 15) is 4.79 Å². The molecule has 1 unspecified atom stereocenters. The van der Waals surface area contributed by atoms with Crippen LogP contribution in [0.2, 0.25) is 0 Å². The maximum absolute atomic E-state index is 10.9. The first-order valence-corrected chi connectivity index (χ1v) is 6.02. The summed E-state index contributed by atoms with van der Waals surface area (Å²) in [7, 11) is 0. The number of carboxylic acids is 1. The molecule has 18 heavy (non-hydrogen) atoms. The molecule has 1 aromatic heterocycles. The van der Waals surface area contributed by atoms with Crippen molar-refractivity contribution >= 4 is 11.8 Å². The second-order valence-electron chi connectivity index (χ2n) is 4.65. The molecular weight excluding hydrogens is 232 g/mol. The van der Waals surface area contributed by atoms with E-state index in [0.29, 0.717) is 17.9 Å². The molecule has 1 atom stereocenters. The molecule has 0 aliphatic carbocycles. The van der Waals surface area contributed by atoms with Crippen molar-refractivity contribution in [2.24, 2.45) is 0 Å². The molecular formula is C13H20N2O3. The van der Waals surface area contributed by atoms with Crippen LogP contribution in [0.3, 0.4) is 0 Å². The highest BCUT2D eigenvalue weighted by molar-refractivity contribution is 5.89. The Balaban J connectivity index is 2.92. The minimum absolute atomic E-state index is 0.101. The van der Waals surface area contributed by atoms with Crippen LogP contribution in [0.4, 0.5) is 5.82 Å². The van der Waals surface area contributed by atoms with Crippen LogP contribution in [0.5, 0.6) is 0 Å². The second-order valence-corrected chi connectivity index (χ2v) is 4.65. The summed E-state index contributed by atoms with van der Waals surface area (Å²) in [6.07, 6.45) is 1.46. The molecule has 0 aliphatic heterocycles. The molecule has 1 rings (SSSR count). The van der Waals surface area contributed by atoms with Gasteiger partial charge >= 0.3 is 5.97 Å². The van der Waals surface area contributed by atoms with Gasteiger partial charge in [-0.2, -0.15) is 0 Å². The third-order valence-electron chi connectivity index (χ3n) is 3.19. The van der Waals surface area contributed by atoms with Crippen LogP contribution in [0.1, 0.15) is 42.7 Å². The zero-order valence-electron chi connectivity index (χ0n) is 11.0.